The quantitative estimate of drug-likeness (QED) is 0.519. The highest BCUT2D eigenvalue weighted by Gasteiger charge is 2.30. The summed E-state index contributed by atoms with van der Waals surface area (Å²) in [5.74, 6) is 0.449. The Morgan fingerprint density at radius 2 is 1.76 bits per heavy atom. The summed E-state index contributed by atoms with van der Waals surface area (Å²) in [6.07, 6.45) is 0. The zero-order valence-electron chi connectivity index (χ0n) is 19.1. The lowest BCUT2D eigenvalue weighted by Gasteiger charge is -2.29. The Hall–Kier alpha value is -3.65. The average molecular weight is 479 g/mol. The van der Waals surface area contributed by atoms with Gasteiger partial charge in [-0.2, -0.15) is 0 Å². The topological polar surface area (TPSA) is 84.9 Å². The first-order valence-corrected chi connectivity index (χ1v) is 12.4. The molecule has 0 spiro atoms. The van der Waals surface area contributed by atoms with Gasteiger partial charge < -0.3 is 19.7 Å². The first kappa shape index (κ1) is 23.5. The number of hydrogen-bond acceptors (Lipinski definition) is 5. The molecule has 0 aliphatic carbocycles. The molecule has 3 aromatic rings. The van der Waals surface area contributed by atoms with Crippen molar-refractivity contribution in [3.63, 3.8) is 0 Å². The Morgan fingerprint density at radius 1 is 1.00 bits per heavy atom. The normalized spacial score (nSPS) is 14.9. The maximum atomic E-state index is 13.2. The fraction of sp³-hybridized carbons (Fsp3) is 0.231. The summed E-state index contributed by atoms with van der Waals surface area (Å²) in [5, 5.41) is 2.88. The molecule has 34 heavy (non-hydrogen) atoms. The molecule has 7 nitrogen and oxygen atoms in total. The van der Waals surface area contributed by atoms with Crippen LogP contribution in [-0.4, -0.2) is 35.0 Å². The summed E-state index contributed by atoms with van der Waals surface area (Å²) in [6, 6.07) is 19.7. The highest BCUT2D eigenvalue weighted by atomic mass is 32.2. The van der Waals surface area contributed by atoms with E-state index >= 15 is 0 Å². The van der Waals surface area contributed by atoms with Crippen LogP contribution in [0, 0.1) is 0 Å². The van der Waals surface area contributed by atoms with Crippen molar-refractivity contribution in [2.45, 2.75) is 25.3 Å². The Kier molecular flexibility index (Phi) is 7.27. The molecule has 8 heteroatoms. The number of anilines is 2. The minimum atomic E-state index is -1.45. The Morgan fingerprint density at radius 3 is 2.50 bits per heavy atom. The summed E-state index contributed by atoms with van der Waals surface area (Å²) < 4.78 is 23.8. The molecule has 1 aliphatic heterocycles. The van der Waals surface area contributed by atoms with Gasteiger partial charge in [0, 0.05) is 11.6 Å². The largest absolute Gasteiger partial charge is 0.494 e. The maximum absolute atomic E-state index is 13.2. The molecular formula is C26H26N2O5S. The van der Waals surface area contributed by atoms with Crippen LogP contribution in [0.2, 0.25) is 0 Å². The molecule has 0 saturated carbocycles. The lowest BCUT2D eigenvalue weighted by atomic mass is 10.1. The fourth-order valence-corrected chi connectivity index (χ4v) is 4.90. The van der Waals surface area contributed by atoms with Crippen LogP contribution in [0.4, 0.5) is 11.4 Å². The number of amides is 2. The van der Waals surface area contributed by atoms with Gasteiger partial charge in [0.15, 0.2) is 0 Å². The number of fused-ring (bicyclic) bond motifs is 1. The molecule has 0 radical (unpaired) electrons. The molecule has 0 fully saturated rings. The van der Waals surface area contributed by atoms with Gasteiger partial charge in [-0.1, -0.05) is 30.3 Å². The molecular weight excluding hydrogens is 452 g/mol. The van der Waals surface area contributed by atoms with Gasteiger partial charge in [-0.05, 0) is 49.7 Å². The van der Waals surface area contributed by atoms with Crippen molar-refractivity contribution in [2.75, 3.05) is 29.2 Å². The maximum Gasteiger partial charge on any atom is 0.255 e. The third kappa shape index (κ3) is 5.12. The molecule has 0 bridgehead atoms. The molecule has 0 saturated heterocycles. The van der Waals surface area contributed by atoms with E-state index < -0.39 is 10.8 Å². The molecule has 1 atom stereocenters. The monoisotopic (exact) mass is 478 g/mol. The summed E-state index contributed by atoms with van der Waals surface area (Å²) in [5.41, 5.74) is 2.25. The highest BCUT2D eigenvalue weighted by Crippen LogP contribution is 2.33. The van der Waals surface area contributed by atoms with Crippen LogP contribution < -0.4 is 19.7 Å². The molecule has 0 unspecified atom stereocenters. The average Bonchev–Trinajstić information content (AvgIpc) is 2.84. The van der Waals surface area contributed by atoms with Crippen molar-refractivity contribution in [2.24, 2.45) is 0 Å². The first-order chi connectivity index (χ1) is 16.5. The molecule has 2 amide bonds. The summed E-state index contributed by atoms with van der Waals surface area (Å²) in [7, 11) is -1.45. The molecule has 3 aromatic carbocycles. The standard InChI is InChI=1S/C26H26N2O5S/c1-3-32-20-11-12-23(33-4-2)21(15-20)27-26(30)19-10-13-24-22(14-19)28(25(29)17-34(24)31)16-18-8-6-5-7-9-18/h5-15H,3-4,16-17H2,1-2H3,(H,27,30)/t34-/m1/s1. The number of hydrogen-bond donors (Lipinski definition) is 1. The van der Waals surface area contributed by atoms with E-state index in [0.717, 1.165) is 5.56 Å². The zero-order valence-corrected chi connectivity index (χ0v) is 19.9. The number of nitrogens with one attached hydrogen (secondary N) is 1. The van der Waals surface area contributed by atoms with E-state index in [2.05, 4.69) is 5.32 Å². The van der Waals surface area contributed by atoms with Crippen LogP contribution in [-0.2, 0) is 22.1 Å². The van der Waals surface area contributed by atoms with E-state index in [1.807, 2.05) is 44.2 Å². The fourth-order valence-electron chi connectivity index (χ4n) is 3.74. The summed E-state index contributed by atoms with van der Waals surface area (Å²) in [6.45, 7) is 5.02. The number of rotatable bonds is 8. The van der Waals surface area contributed by atoms with Crippen molar-refractivity contribution in [1.29, 1.82) is 0 Å². The highest BCUT2D eigenvalue weighted by molar-refractivity contribution is 7.86. The van der Waals surface area contributed by atoms with E-state index in [0.29, 0.717) is 53.1 Å². The number of nitrogens with zero attached hydrogens (tertiary/aromatic N) is 1. The van der Waals surface area contributed by atoms with E-state index in [1.54, 1.807) is 41.3 Å². The van der Waals surface area contributed by atoms with Gasteiger partial charge in [0.05, 0.1) is 46.8 Å². The molecule has 176 valence electrons. The number of benzene rings is 3. The van der Waals surface area contributed by atoms with E-state index in [-0.39, 0.29) is 17.6 Å². The minimum Gasteiger partial charge on any atom is -0.494 e. The third-order valence-electron chi connectivity index (χ3n) is 5.31. The second kappa shape index (κ2) is 10.5. The van der Waals surface area contributed by atoms with Gasteiger partial charge in [-0.25, -0.2) is 0 Å². The van der Waals surface area contributed by atoms with Crippen LogP contribution in [0.3, 0.4) is 0 Å². The van der Waals surface area contributed by atoms with Gasteiger partial charge in [-0.3, -0.25) is 13.8 Å². The second-order valence-electron chi connectivity index (χ2n) is 7.62. The van der Waals surface area contributed by atoms with Gasteiger partial charge in [0.2, 0.25) is 5.91 Å². The number of carbonyl (C=O) groups is 2. The Labute approximate surface area is 201 Å². The third-order valence-corrected chi connectivity index (χ3v) is 6.65. The molecule has 1 heterocycles. The van der Waals surface area contributed by atoms with Crippen molar-refractivity contribution in [3.05, 3.63) is 77.9 Å². The molecule has 1 N–H and O–H groups in total. The Bertz CT molecular complexity index is 1230. The smallest absolute Gasteiger partial charge is 0.255 e. The van der Waals surface area contributed by atoms with Crippen molar-refractivity contribution >= 4 is 34.0 Å². The second-order valence-corrected chi connectivity index (χ2v) is 9.04. The summed E-state index contributed by atoms with van der Waals surface area (Å²) in [4.78, 5) is 28.1. The van der Waals surface area contributed by atoms with E-state index in [9.17, 15) is 13.8 Å². The Balaban J connectivity index is 1.65. The van der Waals surface area contributed by atoms with Crippen LogP contribution >= 0.6 is 0 Å². The minimum absolute atomic E-state index is 0.0761. The van der Waals surface area contributed by atoms with Crippen LogP contribution in [0.5, 0.6) is 11.5 Å². The molecule has 0 aromatic heterocycles. The van der Waals surface area contributed by atoms with Gasteiger partial charge in [0.25, 0.3) is 5.91 Å². The first-order valence-electron chi connectivity index (χ1n) is 11.1. The summed E-state index contributed by atoms with van der Waals surface area (Å²) >= 11 is 0. The van der Waals surface area contributed by atoms with E-state index in [4.69, 9.17) is 9.47 Å². The van der Waals surface area contributed by atoms with Gasteiger partial charge in [0.1, 0.15) is 17.3 Å². The van der Waals surface area contributed by atoms with Crippen molar-refractivity contribution < 1.29 is 23.3 Å². The van der Waals surface area contributed by atoms with Crippen LogP contribution in [0.15, 0.2) is 71.6 Å². The van der Waals surface area contributed by atoms with Crippen molar-refractivity contribution in [3.8, 4) is 11.5 Å². The predicted octanol–water partition coefficient (Wildman–Crippen LogP) is 4.39. The van der Waals surface area contributed by atoms with Crippen LogP contribution in [0.1, 0.15) is 29.8 Å². The van der Waals surface area contributed by atoms with Crippen LogP contribution in [0.25, 0.3) is 0 Å². The number of carbonyl (C=O) groups excluding carboxylic acids is 2. The molecule has 4 rings (SSSR count). The predicted molar refractivity (Wildman–Crippen MR) is 132 cm³/mol. The van der Waals surface area contributed by atoms with Gasteiger partial charge >= 0.3 is 0 Å². The van der Waals surface area contributed by atoms with Crippen molar-refractivity contribution in [1.82, 2.24) is 0 Å². The van der Waals surface area contributed by atoms with E-state index in [1.165, 1.54) is 0 Å². The SMILES string of the molecule is CCOc1ccc(OCC)c(NC(=O)c2ccc3c(c2)N(Cc2ccccc2)C(=O)C[S@]3=O)c1. The lowest BCUT2D eigenvalue weighted by Crippen LogP contribution is -2.38. The lowest BCUT2D eigenvalue weighted by molar-refractivity contribution is -0.116. The molecule has 1 aliphatic rings. The number of ether oxygens (including phenoxy) is 2. The van der Waals surface area contributed by atoms with Gasteiger partial charge in [-0.15, -0.1) is 0 Å². The zero-order chi connectivity index (χ0) is 24.1.